The minimum absolute atomic E-state index is 0.0214. The molecule has 0 saturated carbocycles. The van der Waals surface area contributed by atoms with Crippen LogP contribution in [0.4, 0.5) is 0 Å². The number of halogens is 1. The van der Waals surface area contributed by atoms with Gasteiger partial charge in [0.05, 0.1) is 35.9 Å². The fourth-order valence-electron chi connectivity index (χ4n) is 3.27. The lowest BCUT2D eigenvalue weighted by Crippen LogP contribution is -2.40. The fourth-order valence-corrected chi connectivity index (χ4v) is 5.59. The van der Waals surface area contributed by atoms with Crippen molar-refractivity contribution in [2.75, 3.05) is 18.6 Å². The van der Waals surface area contributed by atoms with Crippen LogP contribution in [0.25, 0.3) is 0 Å². The third-order valence-corrected chi connectivity index (χ3v) is 7.09. The lowest BCUT2D eigenvalue weighted by molar-refractivity contribution is -0.134. The van der Waals surface area contributed by atoms with Crippen molar-refractivity contribution in [2.45, 2.75) is 31.8 Å². The Morgan fingerprint density at radius 3 is 2.78 bits per heavy atom. The van der Waals surface area contributed by atoms with Crippen molar-refractivity contribution >= 4 is 31.7 Å². The highest BCUT2D eigenvalue weighted by atomic mass is 79.9. The predicted octanol–water partition coefficient (Wildman–Crippen LogP) is 3.20. The van der Waals surface area contributed by atoms with Crippen LogP contribution in [0.1, 0.15) is 24.2 Å². The summed E-state index contributed by atoms with van der Waals surface area (Å²) in [6.07, 6.45) is 2.90. The van der Waals surface area contributed by atoms with E-state index in [2.05, 4.69) is 15.9 Å². The molecule has 2 heterocycles. The Morgan fingerprint density at radius 2 is 2.19 bits per heavy atom. The number of carbonyl (C=O) groups excluding carboxylic acids is 1. The summed E-state index contributed by atoms with van der Waals surface area (Å²) < 4.78 is 35.2. The van der Waals surface area contributed by atoms with Gasteiger partial charge in [0.2, 0.25) is 5.91 Å². The number of ether oxygens (including phenoxy) is 1. The summed E-state index contributed by atoms with van der Waals surface area (Å²) in [5, 5.41) is 0. The quantitative estimate of drug-likeness (QED) is 0.640. The Balaban J connectivity index is 1.69. The highest BCUT2D eigenvalue weighted by molar-refractivity contribution is 9.10. The second-order valence-electron chi connectivity index (χ2n) is 6.63. The van der Waals surface area contributed by atoms with Crippen molar-refractivity contribution in [3.05, 3.63) is 52.4 Å². The molecule has 3 rings (SSSR count). The Labute approximate surface area is 167 Å². The van der Waals surface area contributed by atoms with E-state index in [9.17, 15) is 13.2 Å². The molecule has 0 radical (unpaired) electrons. The lowest BCUT2D eigenvalue weighted by atomic mass is 10.1. The minimum Gasteiger partial charge on any atom is -0.496 e. The van der Waals surface area contributed by atoms with Gasteiger partial charge < -0.3 is 14.1 Å². The molecule has 1 saturated heterocycles. The Kier molecular flexibility index (Phi) is 6.26. The fraction of sp³-hybridized carbons (Fsp3) is 0.421. The van der Waals surface area contributed by atoms with E-state index in [0.717, 1.165) is 15.8 Å². The van der Waals surface area contributed by atoms with Crippen molar-refractivity contribution < 1.29 is 22.4 Å². The average Bonchev–Trinajstić information content (AvgIpc) is 3.26. The Bertz CT molecular complexity index is 895. The summed E-state index contributed by atoms with van der Waals surface area (Å²) in [6.45, 7) is 0.290. The normalized spacial score (nSPS) is 18.4. The Morgan fingerprint density at radius 1 is 1.37 bits per heavy atom. The van der Waals surface area contributed by atoms with E-state index in [1.807, 2.05) is 18.2 Å². The second kappa shape index (κ2) is 8.48. The van der Waals surface area contributed by atoms with Crippen LogP contribution in [0.15, 0.2) is 45.5 Å². The molecule has 2 aromatic rings. The van der Waals surface area contributed by atoms with Gasteiger partial charge in [-0.1, -0.05) is 6.07 Å². The van der Waals surface area contributed by atoms with Gasteiger partial charge in [0, 0.05) is 12.5 Å². The molecular weight excluding hydrogens is 434 g/mol. The third-order valence-electron chi connectivity index (χ3n) is 4.72. The molecule has 1 atom stereocenters. The molecule has 0 unspecified atom stereocenters. The predicted molar refractivity (Wildman–Crippen MR) is 105 cm³/mol. The number of aryl methyl sites for hydroxylation is 1. The van der Waals surface area contributed by atoms with Crippen LogP contribution < -0.4 is 4.74 Å². The largest absolute Gasteiger partial charge is 0.496 e. The Hall–Kier alpha value is -1.80. The number of nitrogens with zero attached hydrogens (tertiary/aromatic N) is 1. The lowest BCUT2D eigenvalue weighted by Gasteiger charge is -2.27. The molecule has 0 bridgehead atoms. The number of carbonyl (C=O) groups is 1. The van der Waals surface area contributed by atoms with E-state index in [1.54, 1.807) is 30.4 Å². The number of furan rings is 1. The third kappa shape index (κ3) is 5.13. The van der Waals surface area contributed by atoms with Gasteiger partial charge in [0.15, 0.2) is 9.84 Å². The maximum atomic E-state index is 12.9. The molecule has 0 aliphatic carbocycles. The number of hydrogen-bond donors (Lipinski definition) is 0. The molecule has 6 nitrogen and oxygen atoms in total. The van der Waals surface area contributed by atoms with Gasteiger partial charge in [0.1, 0.15) is 11.5 Å². The molecule has 1 fully saturated rings. The zero-order valence-corrected chi connectivity index (χ0v) is 17.5. The molecule has 1 aliphatic heterocycles. The van der Waals surface area contributed by atoms with Crippen LogP contribution in [0, 0.1) is 0 Å². The summed E-state index contributed by atoms with van der Waals surface area (Å²) in [4.78, 5) is 14.6. The number of amides is 1. The van der Waals surface area contributed by atoms with Crippen LogP contribution in [0.5, 0.6) is 5.75 Å². The van der Waals surface area contributed by atoms with E-state index in [4.69, 9.17) is 9.15 Å². The number of rotatable bonds is 7. The maximum Gasteiger partial charge on any atom is 0.223 e. The zero-order chi connectivity index (χ0) is 19.4. The highest BCUT2D eigenvalue weighted by Crippen LogP contribution is 2.26. The minimum atomic E-state index is -3.08. The van der Waals surface area contributed by atoms with Gasteiger partial charge in [-0.05, 0) is 58.6 Å². The first kappa shape index (κ1) is 19.9. The topological polar surface area (TPSA) is 76.8 Å². The number of sulfone groups is 1. The van der Waals surface area contributed by atoms with Crippen molar-refractivity contribution in [2.24, 2.45) is 0 Å². The van der Waals surface area contributed by atoms with Crippen LogP contribution >= 0.6 is 15.9 Å². The van der Waals surface area contributed by atoms with Gasteiger partial charge in [-0.15, -0.1) is 0 Å². The standard InChI is InChI=1S/C19H22BrNO5S/c1-25-18-6-4-14(11-17(18)20)5-7-19(22)21(12-16-3-2-9-26-16)15-8-10-27(23,24)13-15/h2-4,6,9,11,15H,5,7-8,10,12-13H2,1H3/t15-/m1/s1. The number of hydrogen-bond acceptors (Lipinski definition) is 5. The van der Waals surface area contributed by atoms with E-state index in [-0.39, 0.29) is 23.5 Å². The van der Waals surface area contributed by atoms with Gasteiger partial charge in [0.25, 0.3) is 0 Å². The summed E-state index contributed by atoms with van der Waals surface area (Å²) in [7, 11) is -1.48. The van der Waals surface area contributed by atoms with E-state index in [1.165, 1.54) is 0 Å². The van der Waals surface area contributed by atoms with Crippen molar-refractivity contribution in [3.8, 4) is 5.75 Å². The monoisotopic (exact) mass is 455 g/mol. The van der Waals surface area contributed by atoms with Crippen LogP contribution in [0.3, 0.4) is 0 Å². The molecular formula is C19H22BrNO5S. The molecule has 146 valence electrons. The molecule has 1 amide bonds. The number of benzene rings is 1. The molecule has 0 N–H and O–H groups in total. The molecule has 8 heteroatoms. The molecule has 27 heavy (non-hydrogen) atoms. The second-order valence-corrected chi connectivity index (χ2v) is 9.71. The van der Waals surface area contributed by atoms with E-state index < -0.39 is 9.84 Å². The average molecular weight is 456 g/mol. The van der Waals surface area contributed by atoms with E-state index in [0.29, 0.717) is 31.6 Å². The molecule has 1 aromatic heterocycles. The summed E-state index contributed by atoms with van der Waals surface area (Å²) in [5.74, 6) is 1.47. The van der Waals surface area contributed by atoms with Gasteiger partial charge in [-0.25, -0.2) is 8.42 Å². The molecule has 0 spiro atoms. The summed E-state index contributed by atoms with van der Waals surface area (Å²) >= 11 is 3.45. The maximum absolute atomic E-state index is 12.9. The van der Waals surface area contributed by atoms with Crippen LogP contribution in [-0.4, -0.2) is 43.9 Å². The molecule has 1 aromatic carbocycles. The number of methoxy groups -OCH3 is 1. The van der Waals surface area contributed by atoms with Gasteiger partial charge >= 0.3 is 0 Å². The van der Waals surface area contributed by atoms with Gasteiger partial charge in [-0.2, -0.15) is 0 Å². The van der Waals surface area contributed by atoms with Crippen molar-refractivity contribution in [1.82, 2.24) is 4.90 Å². The highest BCUT2D eigenvalue weighted by Gasteiger charge is 2.34. The first-order valence-corrected chi connectivity index (χ1v) is 11.3. The van der Waals surface area contributed by atoms with Crippen molar-refractivity contribution in [3.63, 3.8) is 0 Å². The SMILES string of the molecule is COc1ccc(CCC(=O)N(Cc2ccco2)[C@@H]2CCS(=O)(=O)C2)cc1Br. The van der Waals surface area contributed by atoms with Crippen LogP contribution in [-0.2, 0) is 27.6 Å². The first-order valence-electron chi connectivity index (χ1n) is 8.72. The summed E-state index contributed by atoms with van der Waals surface area (Å²) in [5.41, 5.74) is 1.01. The van der Waals surface area contributed by atoms with Crippen LogP contribution in [0.2, 0.25) is 0 Å². The smallest absolute Gasteiger partial charge is 0.223 e. The first-order chi connectivity index (χ1) is 12.9. The van der Waals surface area contributed by atoms with E-state index >= 15 is 0 Å². The van der Waals surface area contributed by atoms with Gasteiger partial charge in [-0.3, -0.25) is 4.79 Å². The zero-order valence-electron chi connectivity index (χ0n) is 15.1. The van der Waals surface area contributed by atoms with Crippen molar-refractivity contribution in [1.29, 1.82) is 0 Å². The molecule has 1 aliphatic rings. The summed E-state index contributed by atoms with van der Waals surface area (Å²) in [6, 6.07) is 8.98.